The van der Waals surface area contributed by atoms with E-state index in [0.717, 1.165) is 0 Å². The number of hydrogen-bond donors (Lipinski definition) is 1. The fourth-order valence-electron chi connectivity index (χ4n) is 1.96. The Balaban J connectivity index is 2.52. The van der Waals surface area contributed by atoms with Crippen LogP contribution in [0.15, 0.2) is 34.8 Å². The molecule has 0 aliphatic carbocycles. The number of rotatable bonds is 3. The molecule has 0 spiro atoms. The van der Waals surface area contributed by atoms with Gasteiger partial charge in [0.2, 0.25) is 0 Å². The Hall–Kier alpha value is -1.10. The fourth-order valence-corrected chi connectivity index (χ4v) is 2.95. The third-order valence-corrected chi connectivity index (χ3v) is 3.85. The Labute approximate surface area is 130 Å². The van der Waals surface area contributed by atoms with E-state index in [1.807, 2.05) is 0 Å². The van der Waals surface area contributed by atoms with Gasteiger partial charge in [0, 0.05) is 10.6 Å². The molecule has 0 saturated heterocycles. The van der Waals surface area contributed by atoms with Crippen LogP contribution in [0.5, 0.6) is 5.75 Å². The van der Waals surface area contributed by atoms with E-state index in [9.17, 15) is 9.50 Å². The molecule has 20 heavy (non-hydrogen) atoms. The van der Waals surface area contributed by atoms with Crippen molar-refractivity contribution in [1.82, 2.24) is 0 Å². The highest BCUT2D eigenvalue weighted by atomic mass is 79.9. The van der Waals surface area contributed by atoms with Crippen LogP contribution in [0.4, 0.5) is 4.39 Å². The number of benzene rings is 2. The van der Waals surface area contributed by atoms with E-state index in [1.54, 1.807) is 31.2 Å². The summed E-state index contributed by atoms with van der Waals surface area (Å²) in [5.74, 6) is 0.115. The molecule has 2 aromatic carbocycles. The second-order valence-electron chi connectivity index (χ2n) is 4.42. The summed E-state index contributed by atoms with van der Waals surface area (Å²) in [5, 5.41) is 10.9. The molecule has 1 unspecified atom stereocenters. The van der Waals surface area contributed by atoms with Crippen LogP contribution in [0.2, 0.25) is 5.02 Å². The van der Waals surface area contributed by atoms with Crippen LogP contribution in [0.25, 0.3) is 0 Å². The standard InChI is InChI=1S/C15H13BrClFO2/c1-8-3-4-9(5-13(8)18)14(19)11-6-10(17)7-12(16)15(11)20-2/h3-7,14,19H,1-2H3. The maximum absolute atomic E-state index is 13.6. The molecule has 0 amide bonds. The van der Waals surface area contributed by atoms with Crippen molar-refractivity contribution in [2.24, 2.45) is 0 Å². The highest BCUT2D eigenvalue weighted by Gasteiger charge is 2.19. The van der Waals surface area contributed by atoms with E-state index in [0.29, 0.717) is 31.9 Å². The molecule has 0 fully saturated rings. The lowest BCUT2D eigenvalue weighted by atomic mass is 9.99. The first-order valence-corrected chi connectivity index (χ1v) is 7.08. The monoisotopic (exact) mass is 358 g/mol. The number of aryl methyl sites for hydroxylation is 1. The number of aliphatic hydroxyl groups excluding tert-OH is 1. The molecule has 0 radical (unpaired) electrons. The normalized spacial score (nSPS) is 12.3. The topological polar surface area (TPSA) is 29.5 Å². The third-order valence-electron chi connectivity index (χ3n) is 3.05. The molecular weight excluding hydrogens is 347 g/mol. The van der Waals surface area contributed by atoms with Crippen LogP contribution in [-0.2, 0) is 0 Å². The summed E-state index contributed by atoms with van der Waals surface area (Å²) in [6.07, 6.45) is -1.02. The molecule has 0 aromatic heterocycles. The molecule has 0 aliphatic heterocycles. The molecule has 2 aromatic rings. The van der Waals surface area contributed by atoms with Gasteiger partial charge in [-0.25, -0.2) is 4.39 Å². The van der Waals surface area contributed by atoms with Crippen LogP contribution in [0, 0.1) is 12.7 Å². The van der Waals surface area contributed by atoms with E-state index in [4.69, 9.17) is 16.3 Å². The van der Waals surface area contributed by atoms with E-state index < -0.39 is 6.10 Å². The molecule has 0 aliphatic rings. The number of ether oxygens (including phenoxy) is 1. The lowest BCUT2D eigenvalue weighted by Gasteiger charge is -2.17. The molecule has 5 heteroatoms. The lowest BCUT2D eigenvalue weighted by Crippen LogP contribution is -2.04. The van der Waals surface area contributed by atoms with Gasteiger partial charge < -0.3 is 9.84 Å². The molecule has 0 saturated carbocycles. The molecule has 2 rings (SSSR count). The number of aliphatic hydroxyl groups is 1. The largest absolute Gasteiger partial charge is 0.495 e. The first-order chi connectivity index (χ1) is 9.43. The lowest BCUT2D eigenvalue weighted by molar-refractivity contribution is 0.214. The van der Waals surface area contributed by atoms with Crippen LogP contribution < -0.4 is 4.74 Å². The zero-order chi connectivity index (χ0) is 14.9. The summed E-state index contributed by atoms with van der Waals surface area (Å²) in [6.45, 7) is 1.67. The minimum atomic E-state index is -1.02. The van der Waals surface area contributed by atoms with Crippen molar-refractivity contribution in [2.45, 2.75) is 13.0 Å². The Bertz CT molecular complexity index is 646. The average molecular weight is 360 g/mol. The second-order valence-corrected chi connectivity index (χ2v) is 5.71. The minimum Gasteiger partial charge on any atom is -0.495 e. The first kappa shape index (κ1) is 15.3. The number of hydrogen-bond acceptors (Lipinski definition) is 2. The van der Waals surface area contributed by atoms with Gasteiger partial charge in [0.1, 0.15) is 17.7 Å². The minimum absolute atomic E-state index is 0.360. The molecule has 1 atom stereocenters. The SMILES string of the molecule is COc1c(Br)cc(Cl)cc1C(O)c1ccc(C)c(F)c1. The average Bonchev–Trinajstić information content (AvgIpc) is 2.40. The van der Waals surface area contributed by atoms with Crippen molar-refractivity contribution in [3.05, 3.63) is 62.3 Å². The summed E-state index contributed by atoms with van der Waals surface area (Å²) in [4.78, 5) is 0. The van der Waals surface area contributed by atoms with Crippen molar-refractivity contribution in [3.8, 4) is 5.75 Å². The van der Waals surface area contributed by atoms with Gasteiger partial charge in [0.15, 0.2) is 0 Å². The van der Waals surface area contributed by atoms with Gasteiger partial charge in [-0.05, 0) is 52.2 Å². The van der Waals surface area contributed by atoms with Crippen LogP contribution >= 0.6 is 27.5 Å². The molecule has 2 nitrogen and oxygen atoms in total. The summed E-state index contributed by atoms with van der Waals surface area (Å²) < 4.78 is 19.5. The van der Waals surface area contributed by atoms with E-state index in [-0.39, 0.29) is 5.82 Å². The summed E-state index contributed by atoms with van der Waals surface area (Å²) in [7, 11) is 1.50. The Kier molecular flexibility index (Phi) is 4.68. The highest BCUT2D eigenvalue weighted by molar-refractivity contribution is 9.10. The van der Waals surface area contributed by atoms with E-state index in [2.05, 4.69) is 15.9 Å². The third kappa shape index (κ3) is 2.97. The molecule has 1 N–H and O–H groups in total. The highest BCUT2D eigenvalue weighted by Crippen LogP contribution is 2.38. The fraction of sp³-hybridized carbons (Fsp3) is 0.200. The van der Waals surface area contributed by atoms with Gasteiger partial charge in [-0.2, -0.15) is 0 Å². The Morgan fingerprint density at radius 2 is 2.00 bits per heavy atom. The van der Waals surface area contributed by atoms with Gasteiger partial charge in [-0.3, -0.25) is 0 Å². The quantitative estimate of drug-likeness (QED) is 0.865. The predicted molar refractivity (Wildman–Crippen MR) is 80.9 cm³/mol. The van der Waals surface area contributed by atoms with Gasteiger partial charge in [-0.15, -0.1) is 0 Å². The van der Waals surface area contributed by atoms with E-state index >= 15 is 0 Å². The van der Waals surface area contributed by atoms with Crippen molar-refractivity contribution in [3.63, 3.8) is 0 Å². The molecule has 0 bridgehead atoms. The summed E-state index contributed by atoms with van der Waals surface area (Å²) in [5.41, 5.74) is 1.45. The molecule has 106 valence electrons. The zero-order valence-corrected chi connectivity index (χ0v) is 13.3. The Morgan fingerprint density at radius 3 is 2.60 bits per heavy atom. The first-order valence-electron chi connectivity index (χ1n) is 5.91. The summed E-state index contributed by atoms with van der Waals surface area (Å²) >= 11 is 9.33. The predicted octanol–water partition coefficient (Wildman–Crippen LogP) is 4.64. The van der Waals surface area contributed by atoms with Crippen LogP contribution in [0.1, 0.15) is 22.8 Å². The van der Waals surface area contributed by atoms with Crippen LogP contribution in [0.3, 0.4) is 0 Å². The smallest absolute Gasteiger partial charge is 0.139 e. The van der Waals surface area contributed by atoms with Gasteiger partial charge >= 0.3 is 0 Å². The summed E-state index contributed by atoms with van der Waals surface area (Å²) in [6, 6.07) is 7.89. The van der Waals surface area contributed by atoms with Crippen molar-refractivity contribution < 1.29 is 14.2 Å². The van der Waals surface area contributed by atoms with Crippen molar-refractivity contribution in [1.29, 1.82) is 0 Å². The zero-order valence-electron chi connectivity index (χ0n) is 11.0. The van der Waals surface area contributed by atoms with Gasteiger partial charge in [-0.1, -0.05) is 23.7 Å². The van der Waals surface area contributed by atoms with Crippen molar-refractivity contribution in [2.75, 3.05) is 7.11 Å². The molecular formula is C15H13BrClFO2. The van der Waals surface area contributed by atoms with Crippen LogP contribution in [-0.4, -0.2) is 12.2 Å². The number of methoxy groups -OCH3 is 1. The van der Waals surface area contributed by atoms with E-state index in [1.165, 1.54) is 13.2 Å². The maximum atomic E-state index is 13.6. The van der Waals surface area contributed by atoms with Crippen molar-refractivity contribution >= 4 is 27.5 Å². The second kappa shape index (κ2) is 6.12. The van der Waals surface area contributed by atoms with Gasteiger partial charge in [0.25, 0.3) is 0 Å². The molecule has 0 heterocycles. The number of halogens is 3. The Morgan fingerprint density at radius 1 is 1.30 bits per heavy atom. The maximum Gasteiger partial charge on any atom is 0.139 e. The van der Waals surface area contributed by atoms with Gasteiger partial charge in [0.05, 0.1) is 11.6 Å².